The molecule has 0 atom stereocenters. The molecule has 0 amide bonds. The van der Waals surface area contributed by atoms with E-state index in [9.17, 15) is 0 Å². The lowest BCUT2D eigenvalue weighted by molar-refractivity contribution is 1.28. The second-order valence-electron chi connectivity index (χ2n) is 15.4. The number of rotatable bonds is 7. The molecule has 0 unspecified atom stereocenters. The van der Waals surface area contributed by atoms with Gasteiger partial charge in [-0.05, 0) is 142 Å². The molecule has 276 valence electrons. The van der Waals surface area contributed by atoms with Crippen molar-refractivity contribution in [2.24, 2.45) is 0 Å². The highest BCUT2D eigenvalue weighted by Gasteiger charge is 2.15. The lowest BCUT2D eigenvalue weighted by Crippen LogP contribution is -2.09. The van der Waals surface area contributed by atoms with Crippen molar-refractivity contribution in [1.82, 2.24) is 0 Å². The highest BCUT2D eigenvalue weighted by atomic mass is 15.1. The van der Waals surface area contributed by atoms with Crippen LogP contribution >= 0.6 is 0 Å². The van der Waals surface area contributed by atoms with Crippen molar-refractivity contribution in [2.45, 2.75) is 0 Å². The number of benzene rings is 11. The molecule has 0 saturated carbocycles. The zero-order valence-corrected chi connectivity index (χ0v) is 32.5. The smallest absolute Gasteiger partial charge is 0.0462 e. The first-order chi connectivity index (χ1) is 29.2. The first-order valence-electron chi connectivity index (χ1n) is 20.3. The van der Waals surface area contributed by atoms with Crippen LogP contribution in [0.3, 0.4) is 0 Å². The van der Waals surface area contributed by atoms with Gasteiger partial charge in [-0.15, -0.1) is 0 Å². The van der Waals surface area contributed by atoms with Crippen molar-refractivity contribution in [1.29, 1.82) is 0 Å². The van der Waals surface area contributed by atoms with E-state index in [4.69, 9.17) is 0 Å². The van der Waals surface area contributed by atoms with Crippen molar-refractivity contribution in [3.8, 4) is 44.5 Å². The van der Waals surface area contributed by atoms with E-state index in [-0.39, 0.29) is 0 Å². The first-order valence-corrected chi connectivity index (χ1v) is 20.3. The molecule has 0 radical (unpaired) electrons. The highest BCUT2D eigenvalue weighted by Crippen LogP contribution is 2.39. The first kappa shape index (κ1) is 34.5. The predicted octanol–water partition coefficient (Wildman–Crippen LogP) is 16.4. The number of hydrogen-bond donors (Lipinski definition) is 0. The van der Waals surface area contributed by atoms with Gasteiger partial charge >= 0.3 is 0 Å². The van der Waals surface area contributed by atoms with E-state index in [1.165, 1.54) is 87.6 Å². The minimum Gasteiger partial charge on any atom is -0.311 e. The maximum Gasteiger partial charge on any atom is 0.0462 e. The molecular formula is C58H39N. The van der Waals surface area contributed by atoms with Gasteiger partial charge in [0.15, 0.2) is 0 Å². The zero-order valence-electron chi connectivity index (χ0n) is 32.5. The Kier molecular flexibility index (Phi) is 8.56. The van der Waals surface area contributed by atoms with E-state index in [2.05, 4.69) is 241 Å². The SMILES string of the molecule is c1ccc(-c2ccc(N(c3ccc(-c4cccc(-c5ccc6c(ccc7ccc8ccccc8c76)c5)c4)cc3)c3ccc(-c4ccc5ccccc5c4)cc3)cc2)cc1. The fourth-order valence-corrected chi connectivity index (χ4v) is 8.75. The number of hydrogen-bond acceptors (Lipinski definition) is 1. The zero-order chi connectivity index (χ0) is 39.1. The highest BCUT2D eigenvalue weighted by molar-refractivity contribution is 6.20. The summed E-state index contributed by atoms with van der Waals surface area (Å²) in [6.45, 7) is 0. The molecule has 0 bridgehead atoms. The number of nitrogens with zero attached hydrogens (tertiary/aromatic N) is 1. The van der Waals surface area contributed by atoms with Crippen molar-refractivity contribution in [2.75, 3.05) is 4.90 Å². The summed E-state index contributed by atoms with van der Waals surface area (Å²) in [6.07, 6.45) is 0. The standard InChI is InChI=1S/C58H39N/c1-2-9-40(10-3-1)42-23-30-53(31-24-42)59(55-34-27-44(28-35-55)50-21-17-41-11-4-5-13-47(41)38-50)54-32-25-43(26-33-54)48-14-8-15-49(37-48)51-29-36-57-52(39-51)22-20-46-19-18-45-12-6-7-16-56(45)58(46)57/h1-39H. The minimum atomic E-state index is 1.10. The van der Waals surface area contributed by atoms with Gasteiger partial charge in [-0.25, -0.2) is 0 Å². The van der Waals surface area contributed by atoms with Crippen LogP contribution in [0.5, 0.6) is 0 Å². The van der Waals surface area contributed by atoms with Crippen LogP contribution in [-0.4, -0.2) is 0 Å². The summed E-state index contributed by atoms with van der Waals surface area (Å²) in [7, 11) is 0. The van der Waals surface area contributed by atoms with Crippen LogP contribution in [0.1, 0.15) is 0 Å². The van der Waals surface area contributed by atoms with Gasteiger partial charge < -0.3 is 4.90 Å². The molecule has 0 aromatic heterocycles. The minimum absolute atomic E-state index is 1.10. The normalized spacial score (nSPS) is 11.4. The lowest BCUT2D eigenvalue weighted by atomic mass is 9.93. The summed E-state index contributed by atoms with van der Waals surface area (Å²) >= 11 is 0. The summed E-state index contributed by atoms with van der Waals surface area (Å²) in [6, 6.07) is 86.2. The Hall–Kier alpha value is -7.74. The van der Waals surface area contributed by atoms with Gasteiger partial charge in [0.2, 0.25) is 0 Å². The Labute approximate surface area is 344 Å². The molecule has 11 aromatic carbocycles. The molecule has 0 aliphatic heterocycles. The maximum atomic E-state index is 2.35. The largest absolute Gasteiger partial charge is 0.311 e. The Morgan fingerprint density at radius 2 is 0.593 bits per heavy atom. The van der Waals surface area contributed by atoms with Gasteiger partial charge in [0.1, 0.15) is 0 Å². The van der Waals surface area contributed by atoms with Gasteiger partial charge in [0.25, 0.3) is 0 Å². The third-order valence-corrected chi connectivity index (χ3v) is 11.8. The van der Waals surface area contributed by atoms with Gasteiger partial charge in [-0.2, -0.15) is 0 Å². The Morgan fingerprint density at radius 1 is 0.203 bits per heavy atom. The summed E-state index contributed by atoms with van der Waals surface area (Å²) < 4.78 is 0. The van der Waals surface area contributed by atoms with Crippen LogP contribution in [0, 0.1) is 0 Å². The van der Waals surface area contributed by atoms with Crippen LogP contribution in [0.15, 0.2) is 237 Å². The summed E-state index contributed by atoms with van der Waals surface area (Å²) in [5.74, 6) is 0. The van der Waals surface area contributed by atoms with Crippen molar-refractivity contribution >= 4 is 60.2 Å². The monoisotopic (exact) mass is 749 g/mol. The molecule has 11 aromatic rings. The average Bonchev–Trinajstić information content (AvgIpc) is 3.32. The van der Waals surface area contributed by atoms with Gasteiger partial charge in [0.05, 0.1) is 0 Å². The molecule has 1 nitrogen and oxygen atoms in total. The average molecular weight is 750 g/mol. The molecule has 59 heavy (non-hydrogen) atoms. The quantitative estimate of drug-likeness (QED) is 0.147. The third-order valence-electron chi connectivity index (χ3n) is 11.8. The molecule has 0 heterocycles. The van der Waals surface area contributed by atoms with Crippen LogP contribution in [-0.2, 0) is 0 Å². The maximum absolute atomic E-state index is 2.35. The van der Waals surface area contributed by atoms with E-state index in [0.717, 1.165) is 17.1 Å². The van der Waals surface area contributed by atoms with Crippen LogP contribution in [0.4, 0.5) is 17.1 Å². The number of fused-ring (bicyclic) bond motifs is 6. The van der Waals surface area contributed by atoms with Gasteiger partial charge in [0, 0.05) is 17.1 Å². The fourth-order valence-electron chi connectivity index (χ4n) is 8.75. The Balaban J connectivity index is 0.929. The molecular weight excluding hydrogens is 711 g/mol. The summed E-state index contributed by atoms with van der Waals surface area (Å²) in [5, 5.41) is 10.2. The fraction of sp³-hybridized carbons (Fsp3) is 0. The van der Waals surface area contributed by atoms with E-state index < -0.39 is 0 Å². The second-order valence-corrected chi connectivity index (χ2v) is 15.4. The van der Waals surface area contributed by atoms with Crippen LogP contribution in [0.25, 0.3) is 87.6 Å². The Morgan fingerprint density at radius 3 is 1.27 bits per heavy atom. The van der Waals surface area contributed by atoms with Crippen LogP contribution < -0.4 is 4.90 Å². The van der Waals surface area contributed by atoms with Gasteiger partial charge in [-0.1, -0.05) is 182 Å². The molecule has 0 saturated heterocycles. The summed E-state index contributed by atoms with van der Waals surface area (Å²) in [4.78, 5) is 2.35. The molecule has 11 rings (SSSR count). The second kappa shape index (κ2) is 14.6. The lowest BCUT2D eigenvalue weighted by Gasteiger charge is -2.26. The van der Waals surface area contributed by atoms with E-state index >= 15 is 0 Å². The van der Waals surface area contributed by atoms with Crippen molar-refractivity contribution in [3.05, 3.63) is 237 Å². The van der Waals surface area contributed by atoms with E-state index in [1.54, 1.807) is 0 Å². The van der Waals surface area contributed by atoms with Crippen molar-refractivity contribution < 1.29 is 0 Å². The molecule has 0 aliphatic rings. The molecule has 0 aliphatic carbocycles. The van der Waals surface area contributed by atoms with Crippen LogP contribution in [0.2, 0.25) is 0 Å². The van der Waals surface area contributed by atoms with E-state index in [1.807, 2.05) is 0 Å². The third kappa shape index (κ3) is 6.49. The van der Waals surface area contributed by atoms with E-state index in [0.29, 0.717) is 0 Å². The summed E-state index contributed by atoms with van der Waals surface area (Å²) in [5.41, 5.74) is 12.9. The Bertz CT molecular complexity index is 3290. The number of anilines is 3. The van der Waals surface area contributed by atoms with Crippen molar-refractivity contribution in [3.63, 3.8) is 0 Å². The molecule has 0 N–H and O–H groups in total. The predicted molar refractivity (Wildman–Crippen MR) is 253 cm³/mol. The molecule has 0 fully saturated rings. The molecule has 1 heteroatoms. The topological polar surface area (TPSA) is 3.24 Å². The van der Waals surface area contributed by atoms with Gasteiger partial charge in [-0.3, -0.25) is 0 Å². The molecule has 0 spiro atoms.